The number of anilines is 1. The van der Waals surface area contributed by atoms with E-state index in [1.54, 1.807) is 18.2 Å². The third-order valence-corrected chi connectivity index (χ3v) is 4.06. The molecule has 5 heteroatoms. The first-order valence-electron chi connectivity index (χ1n) is 7.46. The van der Waals surface area contributed by atoms with Crippen LogP contribution >= 0.6 is 23.2 Å². The van der Waals surface area contributed by atoms with Gasteiger partial charge in [-0.3, -0.25) is 0 Å². The molecule has 0 bridgehead atoms. The van der Waals surface area contributed by atoms with Gasteiger partial charge < -0.3 is 10.2 Å². The zero-order chi connectivity index (χ0) is 16.8. The number of nitrogens with one attached hydrogen (secondary N) is 2. The van der Waals surface area contributed by atoms with Crippen molar-refractivity contribution in [2.45, 2.75) is 6.54 Å². The summed E-state index contributed by atoms with van der Waals surface area (Å²) >= 11 is 11.9. The van der Waals surface area contributed by atoms with Crippen molar-refractivity contribution < 1.29 is 4.74 Å². The van der Waals surface area contributed by atoms with E-state index in [1.807, 2.05) is 54.6 Å². The Balaban J connectivity index is 1.60. The summed E-state index contributed by atoms with van der Waals surface area (Å²) in [6, 6.07) is 23.0. The third kappa shape index (κ3) is 4.65. The summed E-state index contributed by atoms with van der Waals surface area (Å²) in [4.78, 5) is 0. The molecule has 0 aromatic heterocycles. The minimum absolute atomic E-state index is 0.471. The van der Waals surface area contributed by atoms with Crippen LogP contribution in [0.25, 0.3) is 0 Å². The van der Waals surface area contributed by atoms with Crippen LogP contribution in [0.2, 0.25) is 10.0 Å². The van der Waals surface area contributed by atoms with E-state index in [0.29, 0.717) is 22.3 Å². The Hall–Kier alpha value is -2.20. The molecule has 0 aliphatic heterocycles. The predicted octanol–water partition coefficient (Wildman–Crippen LogP) is 5.90. The highest BCUT2D eigenvalue weighted by Crippen LogP contribution is 2.29. The van der Waals surface area contributed by atoms with Crippen molar-refractivity contribution >= 4 is 28.9 Å². The van der Waals surface area contributed by atoms with Crippen LogP contribution in [0.1, 0.15) is 5.56 Å². The molecule has 3 nitrogen and oxygen atoms in total. The molecule has 3 aromatic carbocycles. The Kier molecular flexibility index (Phi) is 5.59. The molecule has 0 saturated heterocycles. The monoisotopic (exact) mass is 358 g/mol. The molecule has 0 unspecified atom stereocenters. The summed E-state index contributed by atoms with van der Waals surface area (Å²) in [5.74, 6) is 1.39. The van der Waals surface area contributed by atoms with Gasteiger partial charge in [0.2, 0.25) is 0 Å². The number of rotatable bonds is 6. The number of ether oxygens (including phenoxy) is 1. The molecule has 0 radical (unpaired) electrons. The number of hydrogen-bond donors (Lipinski definition) is 2. The summed E-state index contributed by atoms with van der Waals surface area (Å²) in [5.41, 5.74) is 8.44. The molecular weight excluding hydrogens is 343 g/mol. The molecule has 0 aliphatic rings. The van der Waals surface area contributed by atoms with Gasteiger partial charge in [-0.15, -0.1) is 0 Å². The molecule has 3 rings (SSSR count). The minimum atomic E-state index is 0.471. The average molecular weight is 359 g/mol. The summed E-state index contributed by atoms with van der Waals surface area (Å²) in [6.07, 6.45) is 0. The van der Waals surface area contributed by atoms with Crippen LogP contribution in [-0.4, -0.2) is 0 Å². The molecule has 0 saturated carbocycles. The second kappa shape index (κ2) is 8.06. The van der Waals surface area contributed by atoms with E-state index in [2.05, 4.69) is 10.9 Å². The lowest BCUT2D eigenvalue weighted by Gasteiger charge is -2.10. The summed E-state index contributed by atoms with van der Waals surface area (Å²) in [5, 5.41) is 0.980. The largest absolute Gasteiger partial charge is 0.457 e. The van der Waals surface area contributed by atoms with E-state index < -0.39 is 0 Å². The Morgan fingerprint density at radius 1 is 0.750 bits per heavy atom. The van der Waals surface area contributed by atoms with Crippen LogP contribution in [0.5, 0.6) is 11.5 Å². The Morgan fingerprint density at radius 3 is 2.33 bits per heavy atom. The van der Waals surface area contributed by atoms with E-state index >= 15 is 0 Å². The van der Waals surface area contributed by atoms with Crippen molar-refractivity contribution in [3.63, 3.8) is 0 Å². The normalized spacial score (nSPS) is 10.4. The highest BCUT2D eigenvalue weighted by Gasteiger charge is 2.03. The van der Waals surface area contributed by atoms with Crippen LogP contribution in [-0.2, 0) is 6.54 Å². The van der Waals surface area contributed by atoms with Gasteiger partial charge in [0.15, 0.2) is 0 Å². The molecule has 0 spiro atoms. The molecular formula is C19H16Cl2N2O. The number of hydrazine groups is 1. The maximum Gasteiger partial charge on any atom is 0.129 e. The van der Waals surface area contributed by atoms with Crippen LogP contribution < -0.4 is 15.6 Å². The predicted molar refractivity (Wildman–Crippen MR) is 99.9 cm³/mol. The van der Waals surface area contributed by atoms with Crippen molar-refractivity contribution in [2.24, 2.45) is 0 Å². The zero-order valence-electron chi connectivity index (χ0n) is 12.8. The van der Waals surface area contributed by atoms with Crippen molar-refractivity contribution in [3.8, 4) is 11.5 Å². The SMILES string of the molecule is Clc1ccc(Oc2cccc(CNNc3ccccc3)c2)cc1Cl. The first kappa shape index (κ1) is 16.7. The lowest BCUT2D eigenvalue weighted by atomic mass is 10.2. The molecule has 0 atom stereocenters. The second-order valence-electron chi connectivity index (χ2n) is 5.17. The van der Waals surface area contributed by atoms with Gasteiger partial charge in [0, 0.05) is 18.3 Å². The molecule has 2 N–H and O–H groups in total. The molecule has 0 heterocycles. The third-order valence-electron chi connectivity index (χ3n) is 3.32. The lowest BCUT2D eigenvalue weighted by molar-refractivity contribution is 0.482. The maximum atomic E-state index is 6.01. The van der Waals surface area contributed by atoms with Crippen LogP contribution in [0.15, 0.2) is 72.8 Å². The molecule has 0 fully saturated rings. The quantitative estimate of drug-likeness (QED) is 0.538. The summed E-state index contributed by atoms with van der Waals surface area (Å²) < 4.78 is 5.83. The number of para-hydroxylation sites is 1. The summed E-state index contributed by atoms with van der Waals surface area (Å²) in [6.45, 7) is 0.660. The van der Waals surface area contributed by atoms with E-state index in [0.717, 1.165) is 17.0 Å². The number of halogens is 2. The van der Waals surface area contributed by atoms with E-state index in [-0.39, 0.29) is 0 Å². The highest BCUT2D eigenvalue weighted by molar-refractivity contribution is 6.42. The molecule has 3 aromatic rings. The maximum absolute atomic E-state index is 6.01. The first-order valence-corrected chi connectivity index (χ1v) is 8.22. The molecule has 0 aliphatic carbocycles. The lowest BCUT2D eigenvalue weighted by Crippen LogP contribution is -2.20. The van der Waals surface area contributed by atoms with Gasteiger partial charge in [-0.1, -0.05) is 53.5 Å². The number of benzene rings is 3. The van der Waals surface area contributed by atoms with Crippen LogP contribution in [0.4, 0.5) is 5.69 Å². The first-order chi connectivity index (χ1) is 11.7. The van der Waals surface area contributed by atoms with E-state index in [4.69, 9.17) is 27.9 Å². The second-order valence-corrected chi connectivity index (χ2v) is 5.98. The Bertz CT molecular complexity index is 809. The van der Waals surface area contributed by atoms with Crippen LogP contribution in [0, 0.1) is 0 Å². The average Bonchev–Trinajstić information content (AvgIpc) is 2.60. The summed E-state index contributed by atoms with van der Waals surface area (Å²) in [7, 11) is 0. The Labute approximate surface area is 151 Å². The van der Waals surface area contributed by atoms with Gasteiger partial charge in [-0.25, -0.2) is 5.43 Å². The van der Waals surface area contributed by atoms with E-state index in [9.17, 15) is 0 Å². The van der Waals surface area contributed by atoms with Crippen LogP contribution in [0.3, 0.4) is 0 Å². The molecule has 122 valence electrons. The Morgan fingerprint density at radius 2 is 1.54 bits per heavy atom. The van der Waals surface area contributed by atoms with Crippen molar-refractivity contribution in [2.75, 3.05) is 5.43 Å². The molecule has 24 heavy (non-hydrogen) atoms. The zero-order valence-corrected chi connectivity index (χ0v) is 14.3. The van der Waals surface area contributed by atoms with Gasteiger partial charge in [0.25, 0.3) is 0 Å². The van der Waals surface area contributed by atoms with Crippen molar-refractivity contribution in [1.82, 2.24) is 5.43 Å². The number of hydrogen-bond acceptors (Lipinski definition) is 3. The fourth-order valence-corrected chi connectivity index (χ4v) is 2.45. The fourth-order valence-electron chi connectivity index (χ4n) is 2.17. The van der Waals surface area contributed by atoms with E-state index in [1.165, 1.54) is 0 Å². The topological polar surface area (TPSA) is 33.3 Å². The highest BCUT2D eigenvalue weighted by atomic mass is 35.5. The van der Waals surface area contributed by atoms with Gasteiger partial charge in [-0.2, -0.15) is 0 Å². The minimum Gasteiger partial charge on any atom is -0.457 e. The molecule has 0 amide bonds. The van der Waals surface area contributed by atoms with Gasteiger partial charge in [0.1, 0.15) is 11.5 Å². The van der Waals surface area contributed by atoms with Gasteiger partial charge >= 0.3 is 0 Å². The van der Waals surface area contributed by atoms with Crippen molar-refractivity contribution in [3.05, 3.63) is 88.4 Å². The van der Waals surface area contributed by atoms with Crippen molar-refractivity contribution in [1.29, 1.82) is 0 Å². The standard InChI is InChI=1S/C19H16Cl2N2O/c20-18-10-9-17(12-19(18)21)24-16-8-4-5-14(11-16)13-22-23-15-6-2-1-3-7-15/h1-12,22-23H,13H2. The van der Waals surface area contributed by atoms with Gasteiger partial charge in [-0.05, 0) is 42.0 Å². The van der Waals surface area contributed by atoms with Gasteiger partial charge in [0.05, 0.1) is 10.0 Å². The smallest absolute Gasteiger partial charge is 0.129 e. The fraction of sp³-hybridized carbons (Fsp3) is 0.0526.